The quantitative estimate of drug-likeness (QED) is 0.337. The number of ether oxygens (including phenoxy) is 1. The van der Waals surface area contributed by atoms with Crippen molar-refractivity contribution in [1.29, 1.82) is 0 Å². The van der Waals surface area contributed by atoms with Gasteiger partial charge in [-0.15, -0.1) is 0 Å². The van der Waals surface area contributed by atoms with Crippen molar-refractivity contribution in [3.05, 3.63) is 83.4 Å². The van der Waals surface area contributed by atoms with Crippen molar-refractivity contribution >= 4 is 11.9 Å². The van der Waals surface area contributed by atoms with E-state index in [1.54, 1.807) is 0 Å². The van der Waals surface area contributed by atoms with Crippen molar-refractivity contribution in [3.63, 3.8) is 0 Å². The van der Waals surface area contributed by atoms with Crippen molar-refractivity contribution in [2.75, 3.05) is 19.7 Å². The van der Waals surface area contributed by atoms with E-state index in [0.29, 0.717) is 18.4 Å². The summed E-state index contributed by atoms with van der Waals surface area (Å²) in [6.07, 6.45) is 6.44. The first-order valence-electron chi connectivity index (χ1n) is 15.3. The lowest BCUT2D eigenvalue weighted by Gasteiger charge is -2.30. The zero-order chi connectivity index (χ0) is 27.6. The molecule has 1 aliphatic carbocycles. The van der Waals surface area contributed by atoms with Crippen LogP contribution in [0.3, 0.4) is 0 Å². The number of benzene rings is 3. The number of hydrogen-bond acceptors (Lipinski definition) is 4. The number of fused-ring (bicyclic) bond motifs is 2. The lowest BCUT2D eigenvalue weighted by atomic mass is 9.75. The molecule has 0 amide bonds. The van der Waals surface area contributed by atoms with Gasteiger partial charge in [-0.25, -0.2) is 0 Å². The molecule has 1 N–H and O–H groups in total. The van der Waals surface area contributed by atoms with E-state index in [9.17, 15) is 5.11 Å². The van der Waals surface area contributed by atoms with Crippen LogP contribution < -0.4 is 4.74 Å². The third-order valence-electron chi connectivity index (χ3n) is 9.98. The number of aliphatic hydroxyl groups excluding tert-OH is 1. The predicted octanol–water partition coefficient (Wildman–Crippen LogP) is 7.66. The van der Waals surface area contributed by atoms with Crippen LogP contribution in [0, 0.1) is 23.7 Å². The zero-order valence-electron chi connectivity index (χ0n) is 24.3. The minimum absolute atomic E-state index is 0.289. The standard InChI is InChI=1S/C36H44N2O2/c1-24-17-31(18-25(24)2)34-13-15-37-36-12-11-29(20-35(36)26(34)3)28-9-6-10-33(19-28)40-23-32(39)22-38-16-14-27-7-4-5-8-30(27)21-38/h4-12,15,19-20,24-26,31-32,34,39H,13-14,16-18,21-23H2,1-3H3. The Morgan fingerprint density at radius 1 is 0.925 bits per heavy atom. The molecule has 3 aliphatic rings. The number of aliphatic hydroxyl groups is 1. The van der Waals surface area contributed by atoms with Crippen LogP contribution in [0.1, 0.15) is 62.6 Å². The van der Waals surface area contributed by atoms with Crippen LogP contribution in [-0.2, 0) is 13.0 Å². The van der Waals surface area contributed by atoms with E-state index < -0.39 is 6.10 Å². The monoisotopic (exact) mass is 536 g/mol. The molecule has 2 aliphatic heterocycles. The molecule has 210 valence electrons. The first-order valence-corrected chi connectivity index (χ1v) is 15.3. The smallest absolute Gasteiger partial charge is 0.120 e. The Morgan fingerprint density at radius 3 is 2.52 bits per heavy atom. The van der Waals surface area contributed by atoms with Gasteiger partial charge in [-0.1, -0.05) is 63.2 Å². The fraction of sp³-hybridized carbons (Fsp3) is 0.472. The van der Waals surface area contributed by atoms with Crippen LogP contribution >= 0.6 is 0 Å². The molecule has 0 bridgehead atoms. The Balaban J connectivity index is 1.11. The van der Waals surface area contributed by atoms with Gasteiger partial charge in [0.05, 0.1) is 5.69 Å². The second-order valence-corrected chi connectivity index (χ2v) is 12.7. The molecule has 5 unspecified atom stereocenters. The summed E-state index contributed by atoms with van der Waals surface area (Å²) in [5, 5.41) is 10.8. The second kappa shape index (κ2) is 11.9. The van der Waals surface area contributed by atoms with Crippen molar-refractivity contribution in [2.45, 2.75) is 65.0 Å². The van der Waals surface area contributed by atoms with Gasteiger partial charge in [-0.3, -0.25) is 9.89 Å². The molecule has 1 fully saturated rings. The average Bonchev–Trinajstić information content (AvgIpc) is 3.21. The summed E-state index contributed by atoms with van der Waals surface area (Å²) in [4.78, 5) is 7.20. The normalized spacial score (nSPS) is 27.1. The van der Waals surface area contributed by atoms with Crippen LogP contribution in [0.15, 0.2) is 71.7 Å². The largest absolute Gasteiger partial charge is 0.491 e. The first kappa shape index (κ1) is 27.2. The Bertz CT molecular complexity index is 1340. The Kier molecular flexibility index (Phi) is 8.09. The summed E-state index contributed by atoms with van der Waals surface area (Å²) in [5.74, 6) is 4.35. The SMILES string of the molecule is CC1CC(C2CC=Nc3ccc(-c4cccc(OCC(O)CN5CCc6ccccc6C5)c4)cc3C2C)CC1C. The fourth-order valence-electron chi connectivity index (χ4n) is 7.41. The molecule has 1 saturated carbocycles. The molecular weight excluding hydrogens is 492 g/mol. The highest BCUT2D eigenvalue weighted by atomic mass is 16.5. The second-order valence-electron chi connectivity index (χ2n) is 12.7. The lowest BCUT2D eigenvalue weighted by Crippen LogP contribution is -2.38. The molecule has 0 spiro atoms. The average molecular weight is 537 g/mol. The molecule has 40 heavy (non-hydrogen) atoms. The summed E-state index contributed by atoms with van der Waals surface area (Å²) < 4.78 is 6.10. The summed E-state index contributed by atoms with van der Waals surface area (Å²) in [7, 11) is 0. The first-order chi connectivity index (χ1) is 19.4. The highest BCUT2D eigenvalue weighted by Crippen LogP contribution is 2.48. The third-order valence-corrected chi connectivity index (χ3v) is 9.98. The molecule has 3 aromatic rings. The van der Waals surface area contributed by atoms with E-state index in [-0.39, 0.29) is 6.61 Å². The van der Waals surface area contributed by atoms with E-state index in [1.807, 2.05) is 6.07 Å². The molecule has 2 heterocycles. The number of nitrogens with zero attached hydrogens (tertiary/aromatic N) is 2. The number of β-amino-alcohol motifs (C(OH)–C–C–N with tert-alkyl or cyclic N) is 1. The van der Waals surface area contributed by atoms with Gasteiger partial charge in [0.15, 0.2) is 0 Å². The molecule has 0 saturated heterocycles. The van der Waals surface area contributed by atoms with E-state index >= 15 is 0 Å². The summed E-state index contributed by atoms with van der Waals surface area (Å²) in [6, 6.07) is 23.7. The van der Waals surface area contributed by atoms with Gasteiger partial charge in [0.1, 0.15) is 18.5 Å². The van der Waals surface area contributed by atoms with E-state index in [2.05, 4.69) is 92.5 Å². The van der Waals surface area contributed by atoms with Crippen molar-refractivity contribution in [2.24, 2.45) is 28.7 Å². The van der Waals surface area contributed by atoms with Gasteiger partial charge in [-0.05, 0) is 107 Å². The minimum Gasteiger partial charge on any atom is -0.491 e. The topological polar surface area (TPSA) is 45.1 Å². The maximum absolute atomic E-state index is 10.8. The maximum Gasteiger partial charge on any atom is 0.120 e. The van der Waals surface area contributed by atoms with Crippen molar-refractivity contribution in [1.82, 2.24) is 4.90 Å². The summed E-state index contributed by atoms with van der Waals surface area (Å²) >= 11 is 0. The fourth-order valence-corrected chi connectivity index (χ4v) is 7.41. The van der Waals surface area contributed by atoms with Crippen LogP contribution in [0.4, 0.5) is 5.69 Å². The van der Waals surface area contributed by atoms with Crippen LogP contribution in [0.2, 0.25) is 0 Å². The van der Waals surface area contributed by atoms with Crippen molar-refractivity contribution in [3.8, 4) is 16.9 Å². The van der Waals surface area contributed by atoms with Gasteiger partial charge in [0, 0.05) is 25.8 Å². The molecule has 0 radical (unpaired) electrons. The number of hydrogen-bond donors (Lipinski definition) is 1. The van der Waals surface area contributed by atoms with Gasteiger partial charge < -0.3 is 9.84 Å². The molecule has 4 nitrogen and oxygen atoms in total. The van der Waals surface area contributed by atoms with Crippen LogP contribution in [0.25, 0.3) is 11.1 Å². The van der Waals surface area contributed by atoms with Gasteiger partial charge in [0.25, 0.3) is 0 Å². The van der Waals surface area contributed by atoms with Crippen LogP contribution in [0.5, 0.6) is 5.75 Å². The zero-order valence-corrected chi connectivity index (χ0v) is 24.3. The van der Waals surface area contributed by atoms with E-state index in [1.165, 1.54) is 35.1 Å². The van der Waals surface area contributed by atoms with E-state index in [0.717, 1.165) is 60.7 Å². The highest BCUT2D eigenvalue weighted by Gasteiger charge is 2.37. The number of aliphatic imine (C=N–C) groups is 1. The third kappa shape index (κ3) is 5.89. The molecular formula is C36H44N2O2. The minimum atomic E-state index is -0.530. The van der Waals surface area contributed by atoms with Gasteiger partial charge in [0.2, 0.25) is 0 Å². The van der Waals surface area contributed by atoms with Gasteiger partial charge >= 0.3 is 0 Å². The molecule has 6 rings (SSSR count). The van der Waals surface area contributed by atoms with Crippen LogP contribution in [-0.4, -0.2) is 42.0 Å². The predicted molar refractivity (Wildman–Crippen MR) is 165 cm³/mol. The van der Waals surface area contributed by atoms with Gasteiger partial charge in [-0.2, -0.15) is 0 Å². The molecule has 4 heteroatoms. The lowest BCUT2D eigenvalue weighted by molar-refractivity contribution is 0.0638. The Morgan fingerprint density at radius 2 is 1.70 bits per heavy atom. The Hall–Kier alpha value is -2.95. The molecule has 5 atom stereocenters. The van der Waals surface area contributed by atoms with Crippen molar-refractivity contribution < 1.29 is 9.84 Å². The summed E-state index contributed by atoms with van der Waals surface area (Å²) in [6.45, 7) is 10.0. The maximum atomic E-state index is 10.8. The van der Waals surface area contributed by atoms with E-state index in [4.69, 9.17) is 9.73 Å². The number of rotatable bonds is 7. The summed E-state index contributed by atoms with van der Waals surface area (Å²) in [5.41, 5.74) is 7.63. The Labute approximate surface area is 240 Å². The molecule has 3 aromatic carbocycles. The molecule has 0 aromatic heterocycles. The highest BCUT2D eigenvalue weighted by molar-refractivity contribution is 5.73.